The average molecular weight is 473 g/mol. The van der Waals surface area contributed by atoms with Gasteiger partial charge in [0, 0.05) is 18.7 Å². The van der Waals surface area contributed by atoms with Crippen molar-refractivity contribution in [2.24, 2.45) is 5.92 Å². The number of rotatable bonds is 6. The third-order valence-electron chi connectivity index (χ3n) is 7.83. The Labute approximate surface area is 207 Å². The molecule has 1 heterocycles. The van der Waals surface area contributed by atoms with Gasteiger partial charge < -0.3 is 15.2 Å². The number of nitrogens with one attached hydrogen (secondary N) is 2. The van der Waals surface area contributed by atoms with Crippen LogP contribution in [-0.2, 0) is 4.79 Å². The van der Waals surface area contributed by atoms with Crippen molar-refractivity contribution in [3.8, 4) is 11.4 Å². The van der Waals surface area contributed by atoms with Gasteiger partial charge in [0.15, 0.2) is 0 Å². The van der Waals surface area contributed by atoms with Crippen molar-refractivity contribution in [3.05, 3.63) is 54.1 Å². The number of fused-ring (bicyclic) bond motifs is 1. The van der Waals surface area contributed by atoms with Gasteiger partial charge in [0.25, 0.3) is 5.91 Å². The van der Waals surface area contributed by atoms with Crippen LogP contribution >= 0.6 is 0 Å². The monoisotopic (exact) mass is 472 g/mol. The molecule has 2 fully saturated rings. The Balaban J connectivity index is 1.66. The molecule has 2 amide bonds. The first-order valence-corrected chi connectivity index (χ1v) is 13.3. The van der Waals surface area contributed by atoms with Gasteiger partial charge in [-0.2, -0.15) is 0 Å². The van der Waals surface area contributed by atoms with Gasteiger partial charge in [-0.05, 0) is 49.8 Å². The minimum Gasteiger partial charge on any atom is -0.355 e. The van der Waals surface area contributed by atoms with Crippen LogP contribution in [0, 0.1) is 5.92 Å². The van der Waals surface area contributed by atoms with Crippen molar-refractivity contribution in [3.63, 3.8) is 0 Å². The highest BCUT2D eigenvalue weighted by Gasteiger charge is 2.35. The summed E-state index contributed by atoms with van der Waals surface area (Å²) in [5.74, 6) is 0.890. The van der Waals surface area contributed by atoms with Crippen LogP contribution in [0.2, 0.25) is 0 Å². The third-order valence-corrected chi connectivity index (χ3v) is 7.83. The van der Waals surface area contributed by atoms with Crippen molar-refractivity contribution in [1.29, 1.82) is 0 Å². The molecule has 0 bridgehead atoms. The molecule has 184 valence electrons. The number of carbonyl (C=O) groups excluding carboxylic acids is 2. The Kier molecular flexibility index (Phi) is 7.16. The second-order valence-electron chi connectivity index (χ2n) is 10.1. The lowest BCUT2D eigenvalue weighted by molar-refractivity contribution is -0.127. The van der Waals surface area contributed by atoms with Crippen LogP contribution < -0.4 is 10.6 Å². The molecular formula is C29H36N4O2. The second-order valence-corrected chi connectivity index (χ2v) is 10.1. The minimum absolute atomic E-state index is 0.102. The first kappa shape index (κ1) is 23.6. The van der Waals surface area contributed by atoms with E-state index in [1.807, 2.05) is 42.5 Å². The van der Waals surface area contributed by atoms with Gasteiger partial charge in [-0.25, -0.2) is 4.98 Å². The highest BCUT2D eigenvalue weighted by atomic mass is 16.2. The topological polar surface area (TPSA) is 76.0 Å². The lowest BCUT2D eigenvalue weighted by atomic mass is 9.82. The average Bonchev–Trinajstić information content (AvgIpc) is 3.28. The van der Waals surface area contributed by atoms with E-state index in [4.69, 9.17) is 4.98 Å². The van der Waals surface area contributed by atoms with Crippen LogP contribution in [0.1, 0.15) is 80.6 Å². The zero-order chi connectivity index (χ0) is 24.2. The number of hydrogen-bond donors (Lipinski definition) is 2. The molecule has 5 rings (SSSR count). The van der Waals surface area contributed by atoms with E-state index in [0.29, 0.717) is 11.4 Å². The molecule has 2 saturated carbocycles. The van der Waals surface area contributed by atoms with Gasteiger partial charge in [0.1, 0.15) is 11.9 Å². The largest absolute Gasteiger partial charge is 0.355 e. The van der Waals surface area contributed by atoms with Crippen LogP contribution in [-0.4, -0.2) is 34.5 Å². The maximum atomic E-state index is 14.1. The molecule has 2 aromatic carbocycles. The van der Waals surface area contributed by atoms with Crippen LogP contribution in [0.3, 0.4) is 0 Å². The van der Waals surface area contributed by atoms with Gasteiger partial charge in [-0.15, -0.1) is 0 Å². The van der Waals surface area contributed by atoms with E-state index in [1.54, 1.807) is 7.05 Å². The minimum atomic E-state index is -0.350. The van der Waals surface area contributed by atoms with Crippen LogP contribution in [0.4, 0.5) is 0 Å². The molecule has 0 spiro atoms. The number of benzene rings is 2. The predicted molar refractivity (Wildman–Crippen MR) is 139 cm³/mol. The number of hydrogen-bond acceptors (Lipinski definition) is 3. The molecule has 2 aliphatic rings. The van der Waals surface area contributed by atoms with Crippen LogP contribution in [0.15, 0.2) is 48.5 Å². The van der Waals surface area contributed by atoms with Gasteiger partial charge in [-0.1, -0.05) is 68.9 Å². The summed E-state index contributed by atoms with van der Waals surface area (Å²) in [6.07, 6.45) is 11.3. The first-order chi connectivity index (χ1) is 17.2. The second kappa shape index (κ2) is 10.6. The Morgan fingerprint density at radius 3 is 2.29 bits per heavy atom. The molecule has 35 heavy (non-hydrogen) atoms. The lowest BCUT2D eigenvalue weighted by Crippen LogP contribution is -2.43. The summed E-state index contributed by atoms with van der Waals surface area (Å²) in [6, 6.07) is 15.5. The van der Waals surface area contributed by atoms with E-state index < -0.39 is 0 Å². The number of carbonyl (C=O) groups is 2. The SMILES string of the molecule is CNC(=O)c1ccccc1-c1nc2ccccc2n1C(C(=O)NC1CCCCC1)C1CCCCC1. The molecule has 1 atom stereocenters. The molecular weight excluding hydrogens is 436 g/mol. The standard InChI is InChI=1S/C29H36N4O2/c1-30-28(34)23-17-9-8-16-22(23)27-32-24-18-10-11-19-25(24)33(27)26(20-12-4-2-5-13-20)29(35)31-21-14-6-3-7-15-21/h8-11,16-21,26H,2-7,12-15H2,1H3,(H,30,34)(H,31,35). The van der Waals surface area contributed by atoms with Crippen molar-refractivity contribution >= 4 is 22.8 Å². The highest BCUT2D eigenvalue weighted by molar-refractivity contribution is 6.01. The van der Waals surface area contributed by atoms with E-state index >= 15 is 0 Å². The molecule has 3 aromatic rings. The van der Waals surface area contributed by atoms with E-state index in [-0.39, 0.29) is 29.8 Å². The Bertz CT molecular complexity index is 1190. The molecule has 0 radical (unpaired) electrons. The smallest absolute Gasteiger partial charge is 0.251 e. The Morgan fingerprint density at radius 1 is 0.886 bits per heavy atom. The molecule has 2 N–H and O–H groups in total. The zero-order valence-electron chi connectivity index (χ0n) is 20.6. The van der Waals surface area contributed by atoms with E-state index in [2.05, 4.69) is 21.3 Å². The number of nitrogens with zero attached hydrogens (tertiary/aromatic N) is 2. The van der Waals surface area contributed by atoms with E-state index in [9.17, 15) is 9.59 Å². The summed E-state index contributed by atoms with van der Waals surface area (Å²) in [5.41, 5.74) is 3.13. The number of aromatic nitrogens is 2. The number of para-hydroxylation sites is 2. The van der Waals surface area contributed by atoms with Crippen molar-refractivity contribution in [2.75, 3.05) is 7.05 Å². The van der Waals surface area contributed by atoms with Gasteiger partial charge in [0.05, 0.1) is 16.6 Å². The number of amides is 2. The molecule has 6 heteroatoms. The summed E-state index contributed by atoms with van der Waals surface area (Å²) < 4.78 is 2.14. The molecule has 1 unspecified atom stereocenters. The normalized spacial score (nSPS) is 18.3. The maximum absolute atomic E-state index is 14.1. The van der Waals surface area contributed by atoms with Crippen LogP contribution in [0.5, 0.6) is 0 Å². The Morgan fingerprint density at radius 2 is 1.54 bits per heavy atom. The zero-order valence-corrected chi connectivity index (χ0v) is 20.6. The molecule has 6 nitrogen and oxygen atoms in total. The molecule has 0 aliphatic heterocycles. The van der Waals surface area contributed by atoms with Gasteiger partial charge >= 0.3 is 0 Å². The van der Waals surface area contributed by atoms with Gasteiger partial charge in [0.2, 0.25) is 5.91 Å². The predicted octanol–water partition coefficient (Wildman–Crippen LogP) is 5.63. The highest BCUT2D eigenvalue weighted by Crippen LogP contribution is 2.39. The van der Waals surface area contributed by atoms with E-state index in [1.165, 1.54) is 25.7 Å². The lowest BCUT2D eigenvalue weighted by Gasteiger charge is -2.34. The quantitative estimate of drug-likeness (QED) is 0.488. The molecule has 0 saturated heterocycles. The van der Waals surface area contributed by atoms with E-state index in [0.717, 1.165) is 55.1 Å². The summed E-state index contributed by atoms with van der Waals surface area (Å²) >= 11 is 0. The van der Waals surface area contributed by atoms with Crippen LogP contribution in [0.25, 0.3) is 22.4 Å². The van der Waals surface area contributed by atoms with Gasteiger partial charge in [-0.3, -0.25) is 9.59 Å². The summed E-state index contributed by atoms with van der Waals surface area (Å²) in [4.78, 5) is 31.9. The fraction of sp³-hybridized carbons (Fsp3) is 0.483. The van der Waals surface area contributed by atoms with Crippen molar-refractivity contribution in [1.82, 2.24) is 20.2 Å². The summed E-state index contributed by atoms with van der Waals surface area (Å²) in [5, 5.41) is 6.19. The first-order valence-electron chi connectivity index (χ1n) is 13.3. The molecule has 2 aliphatic carbocycles. The van der Waals surface area contributed by atoms with Crippen molar-refractivity contribution < 1.29 is 9.59 Å². The fourth-order valence-corrected chi connectivity index (χ4v) is 6.05. The van der Waals surface area contributed by atoms with Crippen molar-refractivity contribution in [2.45, 2.75) is 76.3 Å². The molecule has 1 aromatic heterocycles. The maximum Gasteiger partial charge on any atom is 0.251 e. The fourth-order valence-electron chi connectivity index (χ4n) is 6.05. The summed E-state index contributed by atoms with van der Waals surface area (Å²) in [7, 11) is 1.64. The summed E-state index contributed by atoms with van der Waals surface area (Å²) in [6.45, 7) is 0. The Hall–Kier alpha value is -3.15. The number of imidazole rings is 1. The third kappa shape index (κ3) is 4.84.